The fourth-order valence-corrected chi connectivity index (χ4v) is 2.38. The highest BCUT2D eigenvalue weighted by atomic mass is 35.5. The zero-order valence-corrected chi connectivity index (χ0v) is 8.37. The summed E-state index contributed by atoms with van der Waals surface area (Å²) in [7, 11) is 0. The van der Waals surface area contributed by atoms with Crippen molar-refractivity contribution in [1.29, 1.82) is 0 Å². The molecule has 0 saturated heterocycles. The van der Waals surface area contributed by atoms with E-state index in [-0.39, 0.29) is 0 Å². The first-order chi connectivity index (χ1) is 6.36. The molecule has 0 radical (unpaired) electrons. The number of hydrogen-bond donors (Lipinski definition) is 0. The van der Waals surface area contributed by atoms with Gasteiger partial charge in [0.05, 0.1) is 0 Å². The van der Waals surface area contributed by atoms with Crippen LogP contribution >= 0.6 is 11.6 Å². The summed E-state index contributed by atoms with van der Waals surface area (Å²) in [6.07, 6.45) is 6.64. The lowest BCUT2D eigenvalue weighted by Gasteiger charge is -2.12. The summed E-state index contributed by atoms with van der Waals surface area (Å²) in [4.78, 5) is 4.32. The topological polar surface area (TPSA) is 12.9 Å². The lowest BCUT2D eigenvalue weighted by atomic mass is 10.0. The Morgan fingerprint density at radius 3 is 2.92 bits per heavy atom. The molecule has 1 saturated carbocycles. The van der Waals surface area contributed by atoms with Crippen molar-refractivity contribution in [3.05, 3.63) is 30.1 Å². The van der Waals surface area contributed by atoms with Crippen LogP contribution < -0.4 is 0 Å². The number of nitrogens with zero attached hydrogens (tertiary/aromatic N) is 1. The Bertz CT molecular complexity index is 260. The van der Waals surface area contributed by atoms with E-state index in [0.29, 0.717) is 11.3 Å². The van der Waals surface area contributed by atoms with E-state index < -0.39 is 0 Å². The van der Waals surface area contributed by atoms with Gasteiger partial charge in [-0.05, 0) is 37.3 Å². The number of alkyl halides is 1. The van der Waals surface area contributed by atoms with Crippen molar-refractivity contribution in [1.82, 2.24) is 4.98 Å². The largest absolute Gasteiger partial charge is 0.261 e. The molecule has 0 N–H and O–H groups in total. The van der Waals surface area contributed by atoms with Crippen molar-refractivity contribution in [2.75, 3.05) is 0 Å². The summed E-state index contributed by atoms with van der Waals surface area (Å²) < 4.78 is 0. The molecule has 13 heavy (non-hydrogen) atoms. The minimum Gasteiger partial charge on any atom is -0.261 e. The second-order valence-electron chi connectivity index (χ2n) is 3.73. The van der Waals surface area contributed by atoms with Crippen LogP contribution in [-0.4, -0.2) is 10.4 Å². The molecule has 0 amide bonds. The van der Waals surface area contributed by atoms with Gasteiger partial charge in [-0.2, -0.15) is 0 Å². The molecule has 1 aromatic heterocycles. The summed E-state index contributed by atoms with van der Waals surface area (Å²) in [6.45, 7) is 0. The van der Waals surface area contributed by atoms with Gasteiger partial charge < -0.3 is 0 Å². The molecule has 0 aliphatic heterocycles. The molecular weight excluding hydrogens is 182 g/mol. The molecule has 1 aliphatic rings. The van der Waals surface area contributed by atoms with E-state index in [4.69, 9.17) is 11.6 Å². The predicted molar refractivity (Wildman–Crippen MR) is 54.9 cm³/mol. The van der Waals surface area contributed by atoms with Gasteiger partial charge in [0.1, 0.15) is 0 Å². The summed E-state index contributed by atoms with van der Waals surface area (Å²) >= 11 is 6.20. The van der Waals surface area contributed by atoms with E-state index in [1.807, 2.05) is 18.3 Å². The van der Waals surface area contributed by atoms with E-state index in [2.05, 4.69) is 11.1 Å². The molecule has 0 spiro atoms. The van der Waals surface area contributed by atoms with Gasteiger partial charge in [-0.3, -0.25) is 4.98 Å². The van der Waals surface area contributed by atoms with Crippen molar-refractivity contribution in [3.63, 3.8) is 0 Å². The van der Waals surface area contributed by atoms with Gasteiger partial charge in [-0.25, -0.2) is 0 Å². The van der Waals surface area contributed by atoms with E-state index in [1.165, 1.54) is 25.0 Å². The number of halogens is 1. The Morgan fingerprint density at radius 1 is 1.38 bits per heavy atom. The van der Waals surface area contributed by atoms with Gasteiger partial charge in [0.25, 0.3) is 0 Å². The quantitative estimate of drug-likeness (QED) is 0.662. The Labute approximate surface area is 84.1 Å². The van der Waals surface area contributed by atoms with Gasteiger partial charge in [0.15, 0.2) is 0 Å². The smallest absolute Gasteiger partial charge is 0.0406 e. The van der Waals surface area contributed by atoms with Crippen LogP contribution in [0.1, 0.15) is 25.0 Å². The third kappa shape index (κ3) is 2.22. The second-order valence-corrected chi connectivity index (χ2v) is 4.29. The van der Waals surface area contributed by atoms with Crippen LogP contribution in [0.5, 0.6) is 0 Å². The summed E-state index contributed by atoms with van der Waals surface area (Å²) in [5.41, 5.74) is 1.18. The first-order valence-electron chi connectivity index (χ1n) is 4.90. The minimum absolute atomic E-state index is 0.377. The van der Waals surface area contributed by atoms with Crippen LogP contribution in [0.15, 0.2) is 24.4 Å². The van der Waals surface area contributed by atoms with Crippen molar-refractivity contribution >= 4 is 11.6 Å². The van der Waals surface area contributed by atoms with Crippen LogP contribution in [0.4, 0.5) is 0 Å². The maximum absolute atomic E-state index is 6.20. The van der Waals surface area contributed by atoms with E-state index in [0.717, 1.165) is 6.42 Å². The van der Waals surface area contributed by atoms with E-state index in [1.54, 1.807) is 0 Å². The summed E-state index contributed by atoms with van der Waals surface area (Å²) in [6, 6.07) is 6.08. The molecule has 70 valence electrons. The van der Waals surface area contributed by atoms with Gasteiger partial charge >= 0.3 is 0 Å². The standard InChI is InChI=1S/C11H14ClN/c12-11-6-3-4-9(11)8-10-5-1-2-7-13-10/h1-2,5,7,9,11H,3-4,6,8H2. The Kier molecular flexibility index (Phi) is 2.84. The van der Waals surface area contributed by atoms with Crippen molar-refractivity contribution in [2.45, 2.75) is 31.1 Å². The molecule has 0 aromatic carbocycles. The number of hydrogen-bond acceptors (Lipinski definition) is 1. The normalized spacial score (nSPS) is 27.8. The van der Waals surface area contributed by atoms with Crippen molar-refractivity contribution < 1.29 is 0 Å². The van der Waals surface area contributed by atoms with E-state index in [9.17, 15) is 0 Å². The van der Waals surface area contributed by atoms with Crippen LogP contribution in [0, 0.1) is 5.92 Å². The number of rotatable bonds is 2. The molecule has 1 heterocycles. The van der Waals surface area contributed by atoms with Crippen LogP contribution in [-0.2, 0) is 6.42 Å². The fourth-order valence-electron chi connectivity index (χ4n) is 2.01. The third-order valence-corrected chi connectivity index (χ3v) is 3.34. The van der Waals surface area contributed by atoms with Crippen molar-refractivity contribution in [3.8, 4) is 0 Å². The maximum Gasteiger partial charge on any atom is 0.0406 e. The van der Waals surface area contributed by atoms with Gasteiger partial charge in [-0.1, -0.05) is 12.5 Å². The Hall–Kier alpha value is -0.560. The zero-order chi connectivity index (χ0) is 9.10. The fraction of sp³-hybridized carbons (Fsp3) is 0.545. The van der Waals surface area contributed by atoms with Crippen LogP contribution in [0.2, 0.25) is 0 Å². The molecule has 2 rings (SSSR count). The van der Waals surface area contributed by atoms with Gasteiger partial charge in [0.2, 0.25) is 0 Å². The van der Waals surface area contributed by atoms with Crippen LogP contribution in [0.3, 0.4) is 0 Å². The number of pyridine rings is 1. The first kappa shape index (κ1) is 9.01. The van der Waals surface area contributed by atoms with E-state index >= 15 is 0 Å². The minimum atomic E-state index is 0.377. The van der Waals surface area contributed by atoms with Gasteiger partial charge in [0, 0.05) is 17.3 Å². The zero-order valence-electron chi connectivity index (χ0n) is 7.62. The molecule has 2 atom stereocenters. The average molecular weight is 196 g/mol. The molecular formula is C11H14ClN. The third-order valence-electron chi connectivity index (χ3n) is 2.76. The van der Waals surface area contributed by atoms with Gasteiger partial charge in [-0.15, -0.1) is 11.6 Å². The molecule has 1 fully saturated rings. The van der Waals surface area contributed by atoms with Crippen LogP contribution in [0.25, 0.3) is 0 Å². The average Bonchev–Trinajstić information content (AvgIpc) is 2.54. The lowest BCUT2D eigenvalue weighted by molar-refractivity contribution is 0.545. The predicted octanol–water partition coefficient (Wildman–Crippen LogP) is 3.03. The number of aromatic nitrogens is 1. The first-order valence-corrected chi connectivity index (χ1v) is 5.34. The Morgan fingerprint density at radius 2 is 2.31 bits per heavy atom. The molecule has 1 aromatic rings. The molecule has 0 bridgehead atoms. The van der Waals surface area contributed by atoms with Crippen molar-refractivity contribution in [2.24, 2.45) is 5.92 Å². The SMILES string of the molecule is ClC1CCCC1Cc1ccccn1. The highest BCUT2D eigenvalue weighted by Gasteiger charge is 2.25. The molecule has 1 aliphatic carbocycles. The Balaban J connectivity index is 1.98. The monoisotopic (exact) mass is 195 g/mol. The molecule has 2 heteroatoms. The molecule has 2 unspecified atom stereocenters. The summed E-state index contributed by atoms with van der Waals surface area (Å²) in [5, 5.41) is 0.377. The second kappa shape index (κ2) is 4.10. The summed E-state index contributed by atoms with van der Waals surface area (Å²) in [5.74, 6) is 0.650. The highest BCUT2D eigenvalue weighted by molar-refractivity contribution is 6.20. The maximum atomic E-state index is 6.20. The lowest BCUT2D eigenvalue weighted by Crippen LogP contribution is -2.10. The highest BCUT2D eigenvalue weighted by Crippen LogP contribution is 2.32. The molecule has 1 nitrogen and oxygen atoms in total.